The zero-order valence-electron chi connectivity index (χ0n) is 13.2. The highest BCUT2D eigenvalue weighted by atomic mass is 16.5. The molecule has 3 atom stereocenters. The summed E-state index contributed by atoms with van der Waals surface area (Å²) >= 11 is 0. The molecule has 1 aliphatic carbocycles. The van der Waals surface area contributed by atoms with Crippen LogP contribution in [0.1, 0.15) is 52.4 Å². The summed E-state index contributed by atoms with van der Waals surface area (Å²) in [5.41, 5.74) is 0.152. The van der Waals surface area contributed by atoms with Gasteiger partial charge in [-0.3, -0.25) is 4.79 Å². The summed E-state index contributed by atoms with van der Waals surface area (Å²) in [5.74, 6) is 0.915. The monoisotopic (exact) mass is 282 g/mol. The van der Waals surface area contributed by atoms with Crippen LogP contribution >= 0.6 is 0 Å². The quantitative estimate of drug-likeness (QED) is 0.752. The van der Waals surface area contributed by atoms with E-state index in [1.54, 1.807) is 7.11 Å². The van der Waals surface area contributed by atoms with Crippen molar-refractivity contribution in [2.75, 3.05) is 20.2 Å². The molecule has 116 valence electrons. The van der Waals surface area contributed by atoms with Crippen molar-refractivity contribution in [1.29, 1.82) is 0 Å². The van der Waals surface area contributed by atoms with Gasteiger partial charge in [-0.15, -0.1) is 0 Å². The Labute approximate surface area is 123 Å². The molecule has 4 nitrogen and oxygen atoms in total. The number of carbonyl (C=O) groups is 1. The lowest BCUT2D eigenvalue weighted by atomic mass is 9.58. The predicted octanol–water partition coefficient (Wildman–Crippen LogP) is 2.09. The number of ether oxygens (including phenoxy) is 1. The highest BCUT2D eigenvalue weighted by molar-refractivity contribution is 5.76. The molecule has 2 aliphatic rings. The lowest BCUT2D eigenvalue weighted by Gasteiger charge is -2.55. The number of hydrogen-bond acceptors (Lipinski definition) is 3. The molecule has 4 heteroatoms. The van der Waals surface area contributed by atoms with Crippen LogP contribution in [0.25, 0.3) is 0 Å². The molecular weight excluding hydrogens is 252 g/mol. The van der Waals surface area contributed by atoms with E-state index in [1.165, 1.54) is 6.42 Å². The van der Waals surface area contributed by atoms with E-state index in [4.69, 9.17) is 4.74 Å². The minimum absolute atomic E-state index is 0.152. The Morgan fingerprint density at radius 2 is 2.15 bits per heavy atom. The van der Waals surface area contributed by atoms with E-state index in [2.05, 4.69) is 24.5 Å². The Hall–Kier alpha value is -0.610. The minimum Gasteiger partial charge on any atom is -0.381 e. The van der Waals surface area contributed by atoms with E-state index in [0.29, 0.717) is 24.5 Å². The molecule has 3 unspecified atom stereocenters. The topological polar surface area (TPSA) is 50.4 Å². The first-order valence-electron chi connectivity index (χ1n) is 8.19. The standard InChI is InChI=1S/C16H30N2O2/c1-4-16(5-2)13(10-14(16)20-3)18-15(19)7-6-12-8-9-17-11-12/h12-14,17H,4-11H2,1-3H3,(H,18,19). The molecule has 1 amide bonds. The van der Waals surface area contributed by atoms with Crippen LogP contribution in [-0.2, 0) is 9.53 Å². The van der Waals surface area contributed by atoms with Crippen LogP contribution in [0.5, 0.6) is 0 Å². The summed E-state index contributed by atoms with van der Waals surface area (Å²) in [6.45, 7) is 6.60. The van der Waals surface area contributed by atoms with Gasteiger partial charge in [0.05, 0.1) is 6.10 Å². The maximum Gasteiger partial charge on any atom is 0.220 e. The van der Waals surface area contributed by atoms with Crippen LogP contribution in [0, 0.1) is 11.3 Å². The minimum atomic E-state index is 0.152. The van der Waals surface area contributed by atoms with Crippen LogP contribution < -0.4 is 10.6 Å². The fourth-order valence-corrected chi connectivity index (χ4v) is 4.04. The molecule has 1 aliphatic heterocycles. The summed E-state index contributed by atoms with van der Waals surface area (Å²) in [6.07, 6.45) is 6.32. The number of nitrogens with one attached hydrogen (secondary N) is 2. The van der Waals surface area contributed by atoms with Gasteiger partial charge >= 0.3 is 0 Å². The molecule has 2 rings (SSSR count). The van der Waals surface area contributed by atoms with Gasteiger partial charge in [-0.25, -0.2) is 0 Å². The Morgan fingerprint density at radius 1 is 1.40 bits per heavy atom. The second-order valence-electron chi connectivity index (χ2n) is 6.42. The Balaban J connectivity index is 1.78. The summed E-state index contributed by atoms with van der Waals surface area (Å²) in [7, 11) is 1.79. The zero-order chi connectivity index (χ0) is 14.6. The van der Waals surface area contributed by atoms with Gasteiger partial charge < -0.3 is 15.4 Å². The van der Waals surface area contributed by atoms with Crippen LogP contribution in [0.15, 0.2) is 0 Å². The summed E-state index contributed by atoms with van der Waals surface area (Å²) < 4.78 is 5.58. The number of rotatable bonds is 7. The van der Waals surface area contributed by atoms with Crippen molar-refractivity contribution < 1.29 is 9.53 Å². The van der Waals surface area contributed by atoms with Gasteiger partial charge in [-0.05, 0) is 51.1 Å². The molecule has 2 fully saturated rings. The number of methoxy groups -OCH3 is 1. The second kappa shape index (κ2) is 6.90. The van der Waals surface area contributed by atoms with Crippen LogP contribution in [0.4, 0.5) is 0 Å². The van der Waals surface area contributed by atoms with E-state index in [9.17, 15) is 4.79 Å². The van der Waals surface area contributed by atoms with Crippen molar-refractivity contribution in [3.63, 3.8) is 0 Å². The molecule has 1 saturated carbocycles. The average molecular weight is 282 g/mol. The third kappa shape index (κ3) is 3.01. The van der Waals surface area contributed by atoms with E-state index >= 15 is 0 Å². The van der Waals surface area contributed by atoms with E-state index in [1.807, 2.05) is 0 Å². The predicted molar refractivity (Wildman–Crippen MR) is 80.6 cm³/mol. The molecule has 2 N–H and O–H groups in total. The van der Waals surface area contributed by atoms with Crippen molar-refractivity contribution in [2.45, 2.75) is 64.5 Å². The largest absolute Gasteiger partial charge is 0.381 e. The number of amides is 1. The molecule has 20 heavy (non-hydrogen) atoms. The lowest BCUT2D eigenvalue weighted by Crippen LogP contribution is -2.64. The second-order valence-corrected chi connectivity index (χ2v) is 6.42. The highest BCUT2D eigenvalue weighted by Gasteiger charge is 2.53. The van der Waals surface area contributed by atoms with Gasteiger partial charge in [0.1, 0.15) is 0 Å². The molecule has 0 aromatic carbocycles. The van der Waals surface area contributed by atoms with Crippen molar-refractivity contribution in [3.05, 3.63) is 0 Å². The summed E-state index contributed by atoms with van der Waals surface area (Å²) in [4.78, 5) is 12.1. The summed E-state index contributed by atoms with van der Waals surface area (Å²) in [6, 6.07) is 0.302. The number of carbonyl (C=O) groups excluding carboxylic acids is 1. The van der Waals surface area contributed by atoms with Crippen molar-refractivity contribution in [2.24, 2.45) is 11.3 Å². The van der Waals surface area contributed by atoms with E-state index in [-0.39, 0.29) is 11.3 Å². The van der Waals surface area contributed by atoms with Crippen molar-refractivity contribution in [3.8, 4) is 0 Å². The molecule has 0 aromatic heterocycles. The fourth-order valence-electron chi connectivity index (χ4n) is 4.04. The lowest BCUT2D eigenvalue weighted by molar-refractivity contribution is -0.141. The smallest absolute Gasteiger partial charge is 0.220 e. The molecule has 0 radical (unpaired) electrons. The molecular formula is C16H30N2O2. The van der Waals surface area contributed by atoms with Gasteiger partial charge in [0.2, 0.25) is 5.91 Å². The molecule has 0 spiro atoms. The van der Waals surface area contributed by atoms with Crippen molar-refractivity contribution >= 4 is 5.91 Å². The average Bonchev–Trinajstić information content (AvgIpc) is 2.95. The van der Waals surface area contributed by atoms with Gasteiger partial charge in [-0.2, -0.15) is 0 Å². The Bertz CT molecular complexity index is 322. The fraction of sp³-hybridized carbons (Fsp3) is 0.938. The van der Waals surface area contributed by atoms with Gasteiger partial charge in [0.25, 0.3) is 0 Å². The SMILES string of the molecule is CCC1(CC)C(NC(=O)CCC2CCNC2)CC1OC. The van der Waals surface area contributed by atoms with Crippen LogP contribution in [-0.4, -0.2) is 38.3 Å². The van der Waals surface area contributed by atoms with Crippen molar-refractivity contribution in [1.82, 2.24) is 10.6 Å². The third-order valence-electron chi connectivity index (χ3n) is 5.66. The van der Waals surface area contributed by atoms with Gasteiger partial charge in [0.15, 0.2) is 0 Å². The molecule has 1 heterocycles. The summed E-state index contributed by atoms with van der Waals surface area (Å²) in [5, 5.41) is 6.61. The first-order valence-corrected chi connectivity index (χ1v) is 8.19. The molecule has 0 aromatic rings. The van der Waals surface area contributed by atoms with E-state index < -0.39 is 0 Å². The zero-order valence-corrected chi connectivity index (χ0v) is 13.2. The van der Waals surface area contributed by atoms with Gasteiger partial charge in [-0.1, -0.05) is 13.8 Å². The number of hydrogen-bond donors (Lipinski definition) is 2. The highest BCUT2D eigenvalue weighted by Crippen LogP contribution is 2.48. The molecule has 1 saturated heterocycles. The normalized spacial score (nSPS) is 31.9. The Kier molecular flexibility index (Phi) is 5.44. The van der Waals surface area contributed by atoms with Crippen LogP contribution in [0.2, 0.25) is 0 Å². The Morgan fingerprint density at radius 3 is 2.70 bits per heavy atom. The maximum atomic E-state index is 12.1. The first-order chi connectivity index (χ1) is 9.66. The third-order valence-corrected chi connectivity index (χ3v) is 5.66. The molecule has 0 bridgehead atoms. The van der Waals surface area contributed by atoms with Crippen LogP contribution in [0.3, 0.4) is 0 Å². The van der Waals surface area contributed by atoms with E-state index in [0.717, 1.165) is 38.8 Å². The maximum absolute atomic E-state index is 12.1. The van der Waals surface area contributed by atoms with Gasteiger partial charge in [0, 0.05) is 25.0 Å². The first kappa shape index (κ1) is 15.8.